The van der Waals surface area contributed by atoms with Crippen molar-refractivity contribution in [2.75, 3.05) is 13.2 Å². The molecular weight excluding hydrogens is 324 g/mol. The van der Waals surface area contributed by atoms with Gasteiger partial charge in [-0.15, -0.1) is 11.3 Å². The zero-order valence-electron chi connectivity index (χ0n) is 13.3. The molecule has 3 atom stereocenters. The first-order chi connectivity index (χ1) is 11.8. The molecule has 4 rings (SSSR count). The minimum absolute atomic E-state index is 0.00947. The molecule has 2 aliphatic rings. The monoisotopic (exact) mass is 344 g/mol. The molecule has 2 aliphatic heterocycles. The molecule has 0 aromatic carbocycles. The second kappa shape index (κ2) is 6.96. The molecule has 7 heteroatoms. The number of nitrogens with one attached hydrogen (secondary N) is 1. The van der Waals surface area contributed by atoms with E-state index in [2.05, 4.69) is 37.7 Å². The average molecular weight is 344 g/mol. The molecule has 126 valence electrons. The highest BCUT2D eigenvalue weighted by Crippen LogP contribution is 2.31. The summed E-state index contributed by atoms with van der Waals surface area (Å²) >= 11 is 1.77. The molecule has 0 radical (unpaired) electrons. The van der Waals surface area contributed by atoms with Crippen LogP contribution in [0, 0.1) is 0 Å². The third-order valence-corrected chi connectivity index (χ3v) is 5.54. The number of aromatic nitrogens is 2. The Morgan fingerprint density at radius 2 is 2.42 bits per heavy atom. The normalized spacial score (nSPS) is 26.9. The first-order valence-corrected chi connectivity index (χ1v) is 9.14. The molecule has 1 amide bonds. The Labute approximate surface area is 144 Å². The van der Waals surface area contributed by atoms with Crippen LogP contribution in [0.15, 0.2) is 36.1 Å². The number of nitrogens with zero attached hydrogens (tertiary/aromatic N) is 3. The highest BCUT2D eigenvalue weighted by molar-refractivity contribution is 7.09. The van der Waals surface area contributed by atoms with Gasteiger partial charge in [-0.1, -0.05) is 6.07 Å². The Balaban J connectivity index is 1.47. The molecule has 24 heavy (non-hydrogen) atoms. The Bertz CT molecular complexity index is 679. The third kappa shape index (κ3) is 3.19. The number of hydrogen-bond donors (Lipinski definition) is 1. The number of thiophene rings is 1. The van der Waals surface area contributed by atoms with Crippen molar-refractivity contribution in [2.45, 2.75) is 37.6 Å². The topological polar surface area (TPSA) is 67.4 Å². The standard InChI is InChI=1S/C17H20N4O2S/c22-17(13-9-18-5-6-19-13)20-14-11-21(10-12-3-2-8-24-12)15-4-1-7-23-16(14)15/h2-3,5-6,8-9,14-16H,1,4,7,10-11H2,(H,20,22)/t14-,15-,16-/m1/s1. The lowest BCUT2D eigenvalue weighted by molar-refractivity contribution is -0.0210. The van der Waals surface area contributed by atoms with Crippen LogP contribution in [0.1, 0.15) is 28.2 Å². The first kappa shape index (κ1) is 15.7. The van der Waals surface area contributed by atoms with Gasteiger partial charge in [0, 0.05) is 43.0 Å². The molecule has 1 N–H and O–H groups in total. The summed E-state index contributed by atoms with van der Waals surface area (Å²) in [5.41, 5.74) is 0.349. The van der Waals surface area contributed by atoms with E-state index in [1.165, 1.54) is 17.3 Å². The second-order valence-electron chi connectivity index (χ2n) is 6.22. The van der Waals surface area contributed by atoms with E-state index in [1.54, 1.807) is 17.5 Å². The number of ether oxygens (including phenoxy) is 1. The van der Waals surface area contributed by atoms with E-state index in [1.807, 2.05) is 0 Å². The predicted octanol–water partition coefficient (Wildman–Crippen LogP) is 1.70. The van der Waals surface area contributed by atoms with E-state index >= 15 is 0 Å². The fraction of sp³-hybridized carbons (Fsp3) is 0.471. The minimum atomic E-state index is -0.181. The SMILES string of the molecule is O=C(N[C@@H]1CN(Cc2cccs2)[C@@H]2CCCO[C@@H]21)c1cnccn1. The van der Waals surface area contributed by atoms with Crippen molar-refractivity contribution in [1.82, 2.24) is 20.2 Å². The Morgan fingerprint density at radius 3 is 3.21 bits per heavy atom. The van der Waals surface area contributed by atoms with Crippen molar-refractivity contribution in [2.24, 2.45) is 0 Å². The highest BCUT2D eigenvalue weighted by atomic mass is 32.1. The quantitative estimate of drug-likeness (QED) is 0.914. The van der Waals surface area contributed by atoms with Gasteiger partial charge in [-0.3, -0.25) is 14.7 Å². The zero-order valence-corrected chi connectivity index (χ0v) is 14.1. The molecular formula is C17H20N4O2S. The molecule has 2 aromatic heterocycles. The molecule has 0 aliphatic carbocycles. The average Bonchev–Trinajstić information content (AvgIpc) is 3.25. The van der Waals surface area contributed by atoms with Crippen LogP contribution < -0.4 is 5.32 Å². The van der Waals surface area contributed by atoms with E-state index < -0.39 is 0 Å². The molecule has 2 saturated heterocycles. The Kier molecular flexibility index (Phi) is 4.55. The van der Waals surface area contributed by atoms with Crippen LogP contribution >= 0.6 is 11.3 Å². The molecule has 0 saturated carbocycles. The van der Waals surface area contributed by atoms with Gasteiger partial charge in [0.05, 0.1) is 18.3 Å². The van der Waals surface area contributed by atoms with Crippen LogP contribution in [0.25, 0.3) is 0 Å². The van der Waals surface area contributed by atoms with Gasteiger partial charge in [0.1, 0.15) is 5.69 Å². The largest absolute Gasteiger partial charge is 0.374 e. The molecule has 2 fully saturated rings. The van der Waals surface area contributed by atoms with E-state index in [0.717, 1.165) is 32.5 Å². The molecule has 0 unspecified atom stereocenters. The summed E-state index contributed by atoms with van der Waals surface area (Å²) in [5.74, 6) is -0.181. The summed E-state index contributed by atoms with van der Waals surface area (Å²) in [7, 11) is 0. The predicted molar refractivity (Wildman–Crippen MR) is 90.8 cm³/mol. The maximum atomic E-state index is 12.4. The number of amides is 1. The van der Waals surface area contributed by atoms with Gasteiger partial charge in [-0.05, 0) is 24.3 Å². The van der Waals surface area contributed by atoms with Gasteiger partial charge in [0.2, 0.25) is 0 Å². The van der Waals surface area contributed by atoms with E-state index in [9.17, 15) is 4.79 Å². The fourth-order valence-corrected chi connectivity index (χ4v) is 4.35. The summed E-state index contributed by atoms with van der Waals surface area (Å²) in [4.78, 5) is 24.2. The van der Waals surface area contributed by atoms with Crippen LogP contribution in [-0.4, -0.2) is 52.1 Å². The summed E-state index contributed by atoms with van der Waals surface area (Å²) in [6.45, 7) is 2.49. The van der Waals surface area contributed by atoms with Gasteiger partial charge in [-0.25, -0.2) is 4.98 Å². The highest BCUT2D eigenvalue weighted by Gasteiger charge is 2.44. The minimum Gasteiger partial charge on any atom is -0.374 e. The van der Waals surface area contributed by atoms with E-state index in [0.29, 0.717) is 11.7 Å². The summed E-state index contributed by atoms with van der Waals surface area (Å²) in [6, 6.07) is 4.60. The summed E-state index contributed by atoms with van der Waals surface area (Å²) in [6.07, 6.45) is 6.84. The molecule has 0 spiro atoms. The fourth-order valence-electron chi connectivity index (χ4n) is 3.62. The lowest BCUT2D eigenvalue weighted by Gasteiger charge is -2.32. The molecule has 4 heterocycles. The number of rotatable bonds is 4. The van der Waals surface area contributed by atoms with Crippen LogP contribution in [0.4, 0.5) is 0 Å². The Hall–Kier alpha value is -1.83. The molecule has 0 bridgehead atoms. The number of fused-ring (bicyclic) bond motifs is 1. The van der Waals surface area contributed by atoms with Crippen LogP contribution in [-0.2, 0) is 11.3 Å². The van der Waals surface area contributed by atoms with E-state index in [-0.39, 0.29) is 18.1 Å². The second-order valence-corrected chi connectivity index (χ2v) is 7.26. The molecule has 6 nitrogen and oxygen atoms in total. The Morgan fingerprint density at radius 1 is 1.46 bits per heavy atom. The number of likely N-dealkylation sites (tertiary alicyclic amines) is 1. The lowest BCUT2D eigenvalue weighted by atomic mass is 10.0. The first-order valence-electron chi connectivity index (χ1n) is 8.26. The van der Waals surface area contributed by atoms with Crippen molar-refractivity contribution < 1.29 is 9.53 Å². The summed E-state index contributed by atoms with van der Waals surface area (Å²) in [5, 5.41) is 5.20. The number of hydrogen-bond acceptors (Lipinski definition) is 6. The summed E-state index contributed by atoms with van der Waals surface area (Å²) < 4.78 is 6.01. The van der Waals surface area contributed by atoms with Crippen LogP contribution in [0.3, 0.4) is 0 Å². The van der Waals surface area contributed by atoms with Crippen molar-refractivity contribution in [3.05, 3.63) is 46.7 Å². The van der Waals surface area contributed by atoms with Crippen molar-refractivity contribution in [3.63, 3.8) is 0 Å². The van der Waals surface area contributed by atoms with Gasteiger partial charge in [0.25, 0.3) is 5.91 Å². The van der Waals surface area contributed by atoms with E-state index in [4.69, 9.17) is 4.74 Å². The van der Waals surface area contributed by atoms with Gasteiger partial charge in [0.15, 0.2) is 0 Å². The van der Waals surface area contributed by atoms with Crippen molar-refractivity contribution in [3.8, 4) is 0 Å². The third-order valence-electron chi connectivity index (χ3n) is 4.68. The lowest BCUT2D eigenvalue weighted by Crippen LogP contribution is -2.47. The maximum Gasteiger partial charge on any atom is 0.271 e. The van der Waals surface area contributed by atoms with Gasteiger partial charge in [-0.2, -0.15) is 0 Å². The van der Waals surface area contributed by atoms with Gasteiger partial charge >= 0.3 is 0 Å². The van der Waals surface area contributed by atoms with Crippen molar-refractivity contribution >= 4 is 17.2 Å². The number of carbonyl (C=O) groups excluding carboxylic acids is 1. The smallest absolute Gasteiger partial charge is 0.271 e. The van der Waals surface area contributed by atoms with Gasteiger partial charge < -0.3 is 10.1 Å². The van der Waals surface area contributed by atoms with Crippen molar-refractivity contribution in [1.29, 1.82) is 0 Å². The van der Waals surface area contributed by atoms with Crippen LogP contribution in [0.5, 0.6) is 0 Å². The van der Waals surface area contributed by atoms with Crippen LogP contribution in [0.2, 0.25) is 0 Å². The number of carbonyl (C=O) groups is 1. The molecule has 2 aromatic rings. The zero-order chi connectivity index (χ0) is 16.4. The maximum absolute atomic E-state index is 12.4.